The molecule has 106 valence electrons. The number of carbonyl (C=O) groups is 1. The Labute approximate surface area is 120 Å². The average Bonchev–Trinajstić information content (AvgIpc) is 2.89. The van der Waals surface area contributed by atoms with Crippen molar-refractivity contribution in [1.29, 1.82) is 0 Å². The monoisotopic (exact) mass is 284 g/mol. The molecule has 0 bridgehead atoms. The third-order valence-electron chi connectivity index (χ3n) is 3.31. The van der Waals surface area contributed by atoms with Gasteiger partial charge in [0, 0.05) is 10.9 Å². The third-order valence-corrected chi connectivity index (χ3v) is 3.31. The first kappa shape index (κ1) is 13.4. The molecule has 0 atom stereocenters. The molecule has 0 fully saturated rings. The van der Waals surface area contributed by atoms with Gasteiger partial charge in [0.05, 0.1) is 7.11 Å². The lowest BCUT2D eigenvalue weighted by atomic mass is 10.1. The zero-order valence-electron chi connectivity index (χ0n) is 11.6. The van der Waals surface area contributed by atoms with Crippen LogP contribution in [0, 0.1) is 12.7 Å². The molecule has 2 aromatic carbocycles. The van der Waals surface area contributed by atoms with Gasteiger partial charge >= 0.3 is 0 Å². The van der Waals surface area contributed by atoms with Gasteiger partial charge in [-0.2, -0.15) is 0 Å². The molecule has 3 aromatic rings. The maximum absolute atomic E-state index is 13.7. The van der Waals surface area contributed by atoms with Crippen molar-refractivity contribution in [3.05, 3.63) is 65.2 Å². The molecule has 0 spiro atoms. The van der Waals surface area contributed by atoms with E-state index in [4.69, 9.17) is 9.15 Å². The van der Waals surface area contributed by atoms with E-state index >= 15 is 0 Å². The van der Waals surface area contributed by atoms with Crippen LogP contribution in [0.3, 0.4) is 0 Å². The van der Waals surface area contributed by atoms with Gasteiger partial charge in [0.25, 0.3) is 0 Å². The molecule has 0 amide bonds. The van der Waals surface area contributed by atoms with Crippen molar-refractivity contribution >= 4 is 16.8 Å². The van der Waals surface area contributed by atoms with Crippen molar-refractivity contribution in [3.63, 3.8) is 0 Å². The van der Waals surface area contributed by atoms with Gasteiger partial charge in [-0.25, -0.2) is 4.39 Å². The summed E-state index contributed by atoms with van der Waals surface area (Å²) in [6.07, 6.45) is 0. The number of carbonyl (C=O) groups excluding carboxylic acids is 1. The van der Waals surface area contributed by atoms with E-state index in [2.05, 4.69) is 0 Å². The van der Waals surface area contributed by atoms with Crippen LogP contribution in [0.15, 0.2) is 46.9 Å². The van der Waals surface area contributed by atoms with E-state index in [0.29, 0.717) is 5.58 Å². The van der Waals surface area contributed by atoms with E-state index in [9.17, 15) is 9.18 Å². The topological polar surface area (TPSA) is 39.4 Å². The summed E-state index contributed by atoms with van der Waals surface area (Å²) in [5.41, 5.74) is 1.94. The van der Waals surface area contributed by atoms with E-state index in [1.807, 2.05) is 25.1 Å². The van der Waals surface area contributed by atoms with Crippen LogP contribution >= 0.6 is 0 Å². The molecular formula is C17H13FO3. The van der Waals surface area contributed by atoms with Crippen LogP contribution < -0.4 is 4.74 Å². The quantitative estimate of drug-likeness (QED) is 0.679. The van der Waals surface area contributed by atoms with Gasteiger partial charge in [-0.3, -0.25) is 4.79 Å². The van der Waals surface area contributed by atoms with Gasteiger partial charge in [-0.15, -0.1) is 0 Å². The van der Waals surface area contributed by atoms with Crippen LogP contribution in [0.5, 0.6) is 5.75 Å². The summed E-state index contributed by atoms with van der Waals surface area (Å²) in [5, 5.41) is 0.854. The minimum atomic E-state index is -0.574. The Morgan fingerprint density at radius 3 is 2.67 bits per heavy atom. The van der Waals surface area contributed by atoms with E-state index in [0.717, 1.165) is 17.0 Å². The molecule has 0 aliphatic carbocycles. The average molecular weight is 284 g/mol. The summed E-state index contributed by atoms with van der Waals surface area (Å²) in [6.45, 7) is 1.97. The second-order valence-electron chi connectivity index (χ2n) is 4.83. The molecule has 0 saturated carbocycles. The maximum Gasteiger partial charge on any atom is 0.228 e. The summed E-state index contributed by atoms with van der Waals surface area (Å²) in [7, 11) is 1.38. The summed E-state index contributed by atoms with van der Waals surface area (Å²) in [5.74, 6) is -0.632. The summed E-state index contributed by atoms with van der Waals surface area (Å²) in [4.78, 5) is 12.4. The van der Waals surface area contributed by atoms with Crippen molar-refractivity contribution in [1.82, 2.24) is 0 Å². The molecule has 1 aromatic heterocycles. The predicted molar refractivity (Wildman–Crippen MR) is 77.3 cm³/mol. The lowest BCUT2D eigenvalue weighted by Gasteiger charge is -2.03. The number of ketones is 1. The van der Waals surface area contributed by atoms with Gasteiger partial charge < -0.3 is 9.15 Å². The number of furan rings is 1. The van der Waals surface area contributed by atoms with Crippen LogP contribution in [0.1, 0.15) is 21.7 Å². The standard InChI is InChI=1S/C17H13FO3/c1-10-3-5-14-12(7-10)9-16(21-14)17(19)11-4-6-15(20-2)13(18)8-11/h3-9H,1-2H3. The highest BCUT2D eigenvalue weighted by Crippen LogP contribution is 2.24. The van der Waals surface area contributed by atoms with Gasteiger partial charge in [0.15, 0.2) is 17.3 Å². The van der Waals surface area contributed by atoms with Crippen LogP contribution in [0.25, 0.3) is 11.0 Å². The van der Waals surface area contributed by atoms with Gasteiger partial charge in [-0.05, 0) is 43.3 Å². The first-order valence-corrected chi connectivity index (χ1v) is 6.47. The minimum absolute atomic E-state index is 0.104. The van der Waals surface area contributed by atoms with Crippen LogP contribution in [0.4, 0.5) is 4.39 Å². The van der Waals surface area contributed by atoms with Crippen molar-refractivity contribution in [3.8, 4) is 5.75 Å². The Morgan fingerprint density at radius 1 is 1.14 bits per heavy atom. The number of ether oxygens (including phenoxy) is 1. The Balaban J connectivity index is 2.01. The van der Waals surface area contributed by atoms with Crippen LogP contribution in [-0.2, 0) is 0 Å². The van der Waals surface area contributed by atoms with Crippen molar-refractivity contribution in [2.75, 3.05) is 7.11 Å². The van der Waals surface area contributed by atoms with E-state index in [1.165, 1.54) is 19.2 Å². The number of methoxy groups -OCH3 is 1. The molecule has 0 unspecified atom stereocenters. The largest absolute Gasteiger partial charge is 0.494 e. The fourth-order valence-electron chi connectivity index (χ4n) is 2.22. The zero-order valence-corrected chi connectivity index (χ0v) is 11.6. The molecule has 21 heavy (non-hydrogen) atoms. The van der Waals surface area contributed by atoms with Crippen LogP contribution in [0.2, 0.25) is 0 Å². The smallest absolute Gasteiger partial charge is 0.228 e. The molecule has 0 N–H and O–H groups in total. The maximum atomic E-state index is 13.7. The second kappa shape index (κ2) is 5.05. The molecule has 0 radical (unpaired) electrons. The number of hydrogen-bond donors (Lipinski definition) is 0. The summed E-state index contributed by atoms with van der Waals surface area (Å²) < 4.78 is 24.0. The second-order valence-corrected chi connectivity index (χ2v) is 4.83. The number of hydrogen-bond acceptors (Lipinski definition) is 3. The third kappa shape index (κ3) is 2.40. The van der Waals surface area contributed by atoms with Crippen molar-refractivity contribution in [2.24, 2.45) is 0 Å². The molecule has 0 aliphatic heterocycles. The summed E-state index contributed by atoms with van der Waals surface area (Å²) >= 11 is 0. The first-order valence-electron chi connectivity index (χ1n) is 6.47. The number of rotatable bonds is 3. The fourth-order valence-corrected chi connectivity index (χ4v) is 2.22. The highest BCUT2D eigenvalue weighted by atomic mass is 19.1. The van der Waals surface area contributed by atoms with Crippen molar-refractivity contribution in [2.45, 2.75) is 6.92 Å². The normalized spacial score (nSPS) is 10.8. The Kier molecular flexibility index (Phi) is 3.22. The highest BCUT2D eigenvalue weighted by molar-refractivity contribution is 6.09. The highest BCUT2D eigenvalue weighted by Gasteiger charge is 2.16. The van der Waals surface area contributed by atoms with Gasteiger partial charge in [0.2, 0.25) is 5.78 Å². The Hall–Kier alpha value is -2.62. The van der Waals surface area contributed by atoms with E-state index in [-0.39, 0.29) is 22.9 Å². The number of halogens is 1. The zero-order chi connectivity index (χ0) is 15.0. The Bertz CT molecular complexity index is 833. The number of aryl methyl sites for hydroxylation is 1. The molecule has 0 aliphatic rings. The number of benzene rings is 2. The predicted octanol–water partition coefficient (Wildman–Crippen LogP) is 4.12. The molecule has 0 saturated heterocycles. The van der Waals surface area contributed by atoms with E-state index in [1.54, 1.807) is 6.07 Å². The molecular weight excluding hydrogens is 271 g/mol. The summed E-state index contributed by atoms with van der Waals surface area (Å²) in [6, 6.07) is 11.4. The minimum Gasteiger partial charge on any atom is -0.494 e. The Morgan fingerprint density at radius 2 is 1.95 bits per heavy atom. The SMILES string of the molecule is COc1ccc(C(=O)c2cc3cc(C)ccc3o2)cc1F. The van der Waals surface area contributed by atoms with E-state index < -0.39 is 5.82 Å². The van der Waals surface area contributed by atoms with Gasteiger partial charge in [0.1, 0.15) is 5.58 Å². The first-order chi connectivity index (χ1) is 10.1. The van der Waals surface area contributed by atoms with Crippen LogP contribution in [-0.4, -0.2) is 12.9 Å². The molecule has 3 rings (SSSR count). The number of fused-ring (bicyclic) bond motifs is 1. The molecule has 4 heteroatoms. The molecule has 1 heterocycles. The van der Waals surface area contributed by atoms with Crippen molar-refractivity contribution < 1.29 is 18.3 Å². The lowest BCUT2D eigenvalue weighted by molar-refractivity contribution is 0.101. The molecule has 3 nitrogen and oxygen atoms in total. The fraction of sp³-hybridized carbons (Fsp3) is 0.118. The lowest BCUT2D eigenvalue weighted by Crippen LogP contribution is -2.01. The van der Waals surface area contributed by atoms with Gasteiger partial charge in [-0.1, -0.05) is 11.6 Å².